The normalized spacial score (nSPS) is 16.9. The molecular formula is C16H20N2O3. The van der Waals surface area contributed by atoms with Gasteiger partial charge in [0.2, 0.25) is 0 Å². The van der Waals surface area contributed by atoms with Gasteiger partial charge in [0.15, 0.2) is 5.78 Å². The largest absolute Gasteiger partial charge is 0.496 e. The molecule has 0 saturated heterocycles. The minimum atomic E-state index is -0.302. The summed E-state index contributed by atoms with van der Waals surface area (Å²) in [7, 11) is 1.52. The van der Waals surface area contributed by atoms with E-state index in [-0.39, 0.29) is 17.1 Å². The molecule has 1 aliphatic rings. The minimum Gasteiger partial charge on any atom is -0.496 e. The van der Waals surface area contributed by atoms with Gasteiger partial charge in [0.05, 0.1) is 12.7 Å². The summed E-state index contributed by atoms with van der Waals surface area (Å²) in [5, 5.41) is 0. The third-order valence-corrected chi connectivity index (χ3v) is 3.35. The number of nitrogens with one attached hydrogen (secondary N) is 2. The van der Waals surface area contributed by atoms with Crippen LogP contribution in [0.2, 0.25) is 0 Å². The van der Waals surface area contributed by atoms with E-state index in [1.165, 1.54) is 7.11 Å². The van der Waals surface area contributed by atoms with Gasteiger partial charge >= 0.3 is 0 Å². The monoisotopic (exact) mass is 288 g/mol. The number of carbonyl (C=O) groups excluding carboxylic acids is 2. The predicted molar refractivity (Wildman–Crippen MR) is 79.7 cm³/mol. The molecule has 21 heavy (non-hydrogen) atoms. The van der Waals surface area contributed by atoms with Gasteiger partial charge in [-0.15, -0.1) is 0 Å². The molecule has 2 rings (SSSR count). The van der Waals surface area contributed by atoms with Crippen molar-refractivity contribution >= 4 is 11.7 Å². The van der Waals surface area contributed by atoms with Crippen LogP contribution in [0.4, 0.5) is 0 Å². The molecule has 0 spiro atoms. The molecule has 1 aromatic carbocycles. The second kappa shape index (κ2) is 5.99. The van der Waals surface area contributed by atoms with Gasteiger partial charge in [-0.2, -0.15) is 0 Å². The van der Waals surface area contributed by atoms with Crippen LogP contribution in [-0.2, 0) is 4.79 Å². The molecule has 5 nitrogen and oxygen atoms in total. The number of hydrazine groups is 1. The number of ether oxygens (including phenoxy) is 1. The lowest BCUT2D eigenvalue weighted by molar-refractivity contribution is -0.117. The average molecular weight is 288 g/mol. The number of hydrogen-bond donors (Lipinski definition) is 2. The summed E-state index contributed by atoms with van der Waals surface area (Å²) >= 11 is 0. The number of hydrogen-bond acceptors (Lipinski definition) is 4. The van der Waals surface area contributed by atoms with Crippen LogP contribution >= 0.6 is 0 Å². The lowest BCUT2D eigenvalue weighted by Gasteiger charge is -2.29. The number of allylic oxidation sites excluding steroid dienone is 2. The smallest absolute Gasteiger partial charge is 0.273 e. The van der Waals surface area contributed by atoms with E-state index < -0.39 is 0 Å². The van der Waals surface area contributed by atoms with E-state index >= 15 is 0 Å². The second-order valence-electron chi connectivity index (χ2n) is 5.93. The van der Waals surface area contributed by atoms with Crippen LogP contribution in [0.1, 0.15) is 37.0 Å². The summed E-state index contributed by atoms with van der Waals surface area (Å²) in [6.45, 7) is 4.06. The van der Waals surface area contributed by atoms with Crippen molar-refractivity contribution in [3.05, 3.63) is 41.6 Å². The van der Waals surface area contributed by atoms with Gasteiger partial charge in [0.25, 0.3) is 5.91 Å². The zero-order valence-corrected chi connectivity index (χ0v) is 12.5. The Labute approximate surface area is 124 Å². The first-order valence-corrected chi connectivity index (χ1v) is 6.84. The third kappa shape index (κ3) is 3.84. The van der Waals surface area contributed by atoms with Crippen molar-refractivity contribution in [3.8, 4) is 5.75 Å². The first kappa shape index (κ1) is 15.1. The van der Waals surface area contributed by atoms with Crippen LogP contribution in [0.3, 0.4) is 0 Å². The van der Waals surface area contributed by atoms with Crippen LogP contribution in [-0.4, -0.2) is 18.8 Å². The highest BCUT2D eigenvalue weighted by molar-refractivity contribution is 5.97. The van der Waals surface area contributed by atoms with Gasteiger partial charge in [0.1, 0.15) is 5.75 Å². The summed E-state index contributed by atoms with van der Waals surface area (Å²) < 4.78 is 5.15. The fourth-order valence-corrected chi connectivity index (χ4v) is 2.46. The Kier molecular flexibility index (Phi) is 4.31. The number of methoxy groups -OCH3 is 1. The van der Waals surface area contributed by atoms with Crippen LogP contribution in [0.25, 0.3) is 0 Å². The lowest BCUT2D eigenvalue weighted by Crippen LogP contribution is -2.39. The highest BCUT2D eigenvalue weighted by Crippen LogP contribution is 2.32. The molecule has 5 heteroatoms. The van der Waals surface area contributed by atoms with Crippen molar-refractivity contribution in [2.45, 2.75) is 26.7 Å². The molecule has 112 valence electrons. The number of benzene rings is 1. The molecule has 0 heterocycles. The minimum absolute atomic E-state index is 0.0697. The topological polar surface area (TPSA) is 67.4 Å². The van der Waals surface area contributed by atoms with Crippen LogP contribution in [0, 0.1) is 5.41 Å². The van der Waals surface area contributed by atoms with E-state index in [0.717, 1.165) is 5.70 Å². The maximum atomic E-state index is 12.1. The highest BCUT2D eigenvalue weighted by atomic mass is 16.5. The summed E-state index contributed by atoms with van der Waals surface area (Å²) in [6.07, 6.45) is 2.79. The van der Waals surface area contributed by atoms with E-state index in [9.17, 15) is 9.59 Å². The molecule has 0 atom stereocenters. The van der Waals surface area contributed by atoms with Gasteiger partial charge in [-0.05, 0) is 24.0 Å². The number of rotatable bonds is 4. The Morgan fingerprint density at radius 1 is 1.24 bits per heavy atom. The first-order valence-electron chi connectivity index (χ1n) is 6.84. The number of carbonyl (C=O) groups is 2. The summed E-state index contributed by atoms with van der Waals surface area (Å²) in [5.74, 6) is 0.273. The molecule has 0 fully saturated rings. The average Bonchev–Trinajstić information content (AvgIpc) is 2.42. The van der Waals surface area contributed by atoms with Crippen molar-refractivity contribution in [2.75, 3.05) is 7.11 Å². The van der Waals surface area contributed by atoms with Gasteiger partial charge in [-0.1, -0.05) is 26.0 Å². The van der Waals surface area contributed by atoms with Gasteiger partial charge in [0, 0.05) is 18.2 Å². The lowest BCUT2D eigenvalue weighted by atomic mass is 9.79. The molecule has 1 aromatic rings. The molecule has 1 amide bonds. The Bertz CT molecular complexity index is 591. The third-order valence-electron chi connectivity index (χ3n) is 3.35. The van der Waals surface area contributed by atoms with Crippen molar-refractivity contribution in [1.82, 2.24) is 10.9 Å². The number of para-hydroxylation sites is 1. The molecule has 1 aliphatic carbocycles. The second-order valence-corrected chi connectivity index (χ2v) is 5.93. The van der Waals surface area contributed by atoms with Gasteiger partial charge in [-0.3, -0.25) is 15.0 Å². The van der Waals surface area contributed by atoms with Gasteiger partial charge < -0.3 is 10.2 Å². The van der Waals surface area contributed by atoms with Crippen LogP contribution in [0.5, 0.6) is 5.75 Å². The SMILES string of the molecule is COc1ccccc1C(=O)NNC1=CC(=O)CC(C)(C)C1. The number of ketones is 1. The molecular weight excluding hydrogens is 268 g/mol. The zero-order valence-electron chi connectivity index (χ0n) is 12.5. The standard InChI is InChI=1S/C16H20N2O3/c1-16(2)9-11(8-12(19)10-16)17-18-15(20)13-6-4-5-7-14(13)21-3/h4-8,17H,9-10H2,1-3H3,(H,18,20). The van der Waals surface area contributed by atoms with Crippen molar-refractivity contribution in [3.63, 3.8) is 0 Å². The summed E-state index contributed by atoms with van der Waals surface area (Å²) in [5.41, 5.74) is 6.52. The molecule has 2 N–H and O–H groups in total. The molecule has 0 aromatic heterocycles. The Morgan fingerprint density at radius 3 is 2.62 bits per heavy atom. The highest BCUT2D eigenvalue weighted by Gasteiger charge is 2.27. The Morgan fingerprint density at radius 2 is 1.95 bits per heavy atom. The molecule has 0 radical (unpaired) electrons. The van der Waals surface area contributed by atoms with Crippen molar-refractivity contribution in [2.24, 2.45) is 5.41 Å². The van der Waals surface area contributed by atoms with E-state index in [1.807, 2.05) is 13.8 Å². The number of amides is 1. The Hall–Kier alpha value is -2.30. The summed E-state index contributed by atoms with van der Waals surface area (Å²) in [4.78, 5) is 23.8. The fraction of sp³-hybridized carbons (Fsp3) is 0.375. The summed E-state index contributed by atoms with van der Waals surface area (Å²) in [6, 6.07) is 6.97. The Balaban J connectivity index is 2.03. The van der Waals surface area contributed by atoms with Crippen LogP contribution < -0.4 is 15.6 Å². The zero-order chi connectivity index (χ0) is 15.5. The maximum Gasteiger partial charge on any atom is 0.273 e. The fourth-order valence-electron chi connectivity index (χ4n) is 2.46. The van der Waals surface area contributed by atoms with Crippen LogP contribution in [0.15, 0.2) is 36.0 Å². The van der Waals surface area contributed by atoms with E-state index in [4.69, 9.17) is 4.74 Å². The van der Waals surface area contributed by atoms with Crippen molar-refractivity contribution in [1.29, 1.82) is 0 Å². The maximum absolute atomic E-state index is 12.1. The van der Waals surface area contributed by atoms with Crippen molar-refractivity contribution < 1.29 is 14.3 Å². The van der Waals surface area contributed by atoms with E-state index in [0.29, 0.717) is 24.2 Å². The molecule has 0 aliphatic heterocycles. The predicted octanol–water partition coefficient (Wildman–Crippen LogP) is 2.20. The van der Waals surface area contributed by atoms with E-state index in [1.54, 1.807) is 30.3 Å². The molecule has 0 saturated carbocycles. The molecule has 0 unspecified atom stereocenters. The van der Waals surface area contributed by atoms with E-state index in [2.05, 4.69) is 10.9 Å². The quantitative estimate of drug-likeness (QED) is 0.834. The van der Waals surface area contributed by atoms with Gasteiger partial charge in [-0.25, -0.2) is 0 Å². The first-order chi connectivity index (χ1) is 9.91. The molecule has 0 bridgehead atoms.